The summed E-state index contributed by atoms with van der Waals surface area (Å²) >= 11 is 0. The molecule has 0 aliphatic rings. The first-order chi connectivity index (χ1) is 6.09. The minimum atomic E-state index is -0.402. The van der Waals surface area contributed by atoms with Crippen molar-refractivity contribution >= 4 is 11.5 Å². The van der Waals surface area contributed by atoms with Gasteiger partial charge in [0, 0.05) is 7.05 Å². The van der Waals surface area contributed by atoms with Crippen LogP contribution in [0.4, 0.5) is 0 Å². The fourth-order valence-electron chi connectivity index (χ4n) is 0.472. The number of rotatable bonds is 4. The molecule has 0 heterocycles. The maximum Gasteiger partial charge on any atom is 0.142 e. The molecule has 6 nitrogen and oxygen atoms in total. The van der Waals surface area contributed by atoms with Gasteiger partial charge in [-0.2, -0.15) is 0 Å². The van der Waals surface area contributed by atoms with Crippen LogP contribution in [0.1, 0.15) is 20.8 Å². The summed E-state index contributed by atoms with van der Waals surface area (Å²) in [5, 5.41) is 10.5. The molecule has 0 aromatic heterocycles. The Bertz CT molecular complexity index is 166. The molecule has 0 saturated carbocycles. The normalized spacial score (nSPS) is 12.5. The van der Waals surface area contributed by atoms with Crippen LogP contribution >= 0.6 is 0 Å². The lowest BCUT2D eigenvalue weighted by Crippen LogP contribution is -2.37. The Kier molecular flexibility index (Phi) is 9.91. The topological polar surface area (TPSA) is 110 Å². The van der Waals surface area contributed by atoms with E-state index in [1.807, 2.05) is 13.8 Å². The second kappa shape index (κ2) is 8.95. The van der Waals surface area contributed by atoms with Crippen molar-refractivity contribution in [3.8, 4) is 0 Å². The van der Waals surface area contributed by atoms with Crippen molar-refractivity contribution in [3.63, 3.8) is 0 Å². The van der Waals surface area contributed by atoms with E-state index in [0.29, 0.717) is 0 Å². The smallest absolute Gasteiger partial charge is 0.142 e. The molecule has 0 aromatic rings. The van der Waals surface area contributed by atoms with Crippen LogP contribution < -0.4 is 16.9 Å². The molecule has 78 valence electrons. The van der Waals surface area contributed by atoms with E-state index >= 15 is 0 Å². The van der Waals surface area contributed by atoms with Gasteiger partial charge in [0.1, 0.15) is 11.5 Å². The van der Waals surface area contributed by atoms with Gasteiger partial charge in [-0.15, -0.1) is 5.48 Å². The molecule has 0 rings (SSSR count). The lowest BCUT2D eigenvalue weighted by Gasteiger charge is -2.06. The Labute approximate surface area is 78.8 Å². The monoisotopic (exact) mass is 189 g/mol. The predicted molar refractivity (Wildman–Crippen MR) is 54.5 cm³/mol. The highest BCUT2D eigenvalue weighted by atomic mass is 16.8. The molecule has 0 radical (unpaired) electrons. The highest BCUT2D eigenvalue weighted by molar-refractivity contribution is 6.41. The molecule has 0 spiro atoms. The van der Waals surface area contributed by atoms with Gasteiger partial charge in [0.05, 0.1) is 6.04 Å². The van der Waals surface area contributed by atoms with Crippen molar-refractivity contribution in [3.05, 3.63) is 0 Å². The molecule has 1 atom stereocenters. The van der Waals surface area contributed by atoms with Crippen LogP contribution in [0.3, 0.4) is 0 Å². The van der Waals surface area contributed by atoms with Gasteiger partial charge in [-0.25, -0.2) is 0 Å². The molecule has 0 aliphatic carbocycles. The van der Waals surface area contributed by atoms with Crippen LogP contribution in [-0.2, 0) is 4.94 Å². The second-order valence-electron chi connectivity index (χ2n) is 1.97. The highest BCUT2D eigenvalue weighted by Crippen LogP contribution is 1.84. The number of nitrogens with zero attached hydrogens (tertiary/aromatic N) is 1. The summed E-state index contributed by atoms with van der Waals surface area (Å²) in [6.45, 7) is 5.67. The molecule has 0 bridgehead atoms. The fraction of sp³-hybridized carbons (Fsp3) is 0.714. The first-order valence-electron chi connectivity index (χ1n) is 4.10. The SMILES string of the molecule is CC.CNO/N=C(/C(=N)N)C(C)N. The second-order valence-corrected chi connectivity index (χ2v) is 1.97. The summed E-state index contributed by atoms with van der Waals surface area (Å²) in [7, 11) is 1.54. The van der Waals surface area contributed by atoms with E-state index in [1.54, 1.807) is 14.0 Å². The molecule has 6 heteroatoms. The quantitative estimate of drug-likeness (QED) is 0.279. The molecule has 0 aliphatic heterocycles. The molecule has 6 N–H and O–H groups in total. The van der Waals surface area contributed by atoms with Gasteiger partial charge in [0.25, 0.3) is 0 Å². The summed E-state index contributed by atoms with van der Waals surface area (Å²) in [6, 6.07) is -0.402. The first-order valence-corrected chi connectivity index (χ1v) is 4.10. The zero-order valence-electron chi connectivity index (χ0n) is 8.59. The molecule has 13 heavy (non-hydrogen) atoms. The van der Waals surface area contributed by atoms with Crippen molar-refractivity contribution in [1.82, 2.24) is 5.48 Å². The van der Waals surface area contributed by atoms with Gasteiger partial charge in [-0.05, 0) is 6.92 Å². The molecule has 1 unspecified atom stereocenters. The summed E-state index contributed by atoms with van der Waals surface area (Å²) in [4.78, 5) is 4.46. The Morgan fingerprint density at radius 3 is 2.23 bits per heavy atom. The third-order valence-electron chi connectivity index (χ3n) is 0.943. The Hall–Kier alpha value is -1.14. The van der Waals surface area contributed by atoms with Crippen molar-refractivity contribution in [2.24, 2.45) is 16.6 Å². The van der Waals surface area contributed by atoms with Crippen LogP contribution in [0, 0.1) is 5.41 Å². The van der Waals surface area contributed by atoms with Crippen molar-refractivity contribution in [1.29, 1.82) is 5.41 Å². The third kappa shape index (κ3) is 7.23. The van der Waals surface area contributed by atoms with Crippen LogP contribution in [-0.4, -0.2) is 24.6 Å². The number of oxime groups is 1. The predicted octanol–water partition coefficient (Wildman–Crippen LogP) is -0.197. The summed E-state index contributed by atoms with van der Waals surface area (Å²) < 4.78 is 0. The largest absolute Gasteiger partial charge is 0.383 e. The summed E-state index contributed by atoms with van der Waals surface area (Å²) in [5.74, 6) is -0.185. The number of amidine groups is 1. The molecule has 0 aromatic carbocycles. The number of hydrogen-bond acceptors (Lipinski definition) is 5. The van der Waals surface area contributed by atoms with E-state index in [1.165, 1.54) is 0 Å². The van der Waals surface area contributed by atoms with Crippen molar-refractivity contribution in [2.45, 2.75) is 26.8 Å². The Morgan fingerprint density at radius 2 is 2.00 bits per heavy atom. The molecule has 0 saturated heterocycles. The minimum Gasteiger partial charge on any atom is -0.383 e. The zero-order chi connectivity index (χ0) is 10.9. The lowest BCUT2D eigenvalue weighted by atomic mass is 10.2. The number of hydrogen-bond donors (Lipinski definition) is 4. The van der Waals surface area contributed by atoms with Crippen LogP contribution in [0.15, 0.2) is 5.16 Å². The summed E-state index contributed by atoms with van der Waals surface area (Å²) in [5.41, 5.74) is 13.1. The molecule has 0 fully saturated rings. The maximum atomic E-state index is 7.02. The lowest BCUT2D eigenvalue weighted by molar-refractivity contribution is 0.0643. The van der Waals surface area contributed by atoms with Gasteiger partial charge < -0.3 is 11.5 Å². The van der Waals surface area contributed by atoms with E-state index < -0.39 is 6.04 Å². The van der Waals surface area contributed by atoms with E-state index in [-0.39, 0.29) is 11.5 Å². The van der Waals surface area contributed by atoms with Gasteiger partial charge in [-0.1, -0.05) is 19.0 Å². The number of nitrogens with two attached hydrogens (primary N) is 2. The van der Waals surface area contributed by atoms with E-state index in [0.717, 1.165) is 0 Å². The first kappa shape index (κ1) is 14.4. The maximum absolute atomic E-state index is 7.02. The third-order valence-corrected chi connectivity index (χ3v) is 0.943. The van der Waals surface area contributed by atoms with Crippen LogP contribution in [0.2, 0.25) is 0 Å². The standard InChI is InChI=1S/C5H13N5O.C2H6/c1-3(6)4(5(7)8)10-11-9-2;1-2/h3,9H,6H2,1-2H3,(H3,7,8);1-2H3/b10-4+;. The van der Waals surface area contributed by atoms with Gasteiger partial charge >= 0.3 is 0 Å². The average Bonchev–Trinajstić information content (AvgIpc) is 2.07. The van der Waals surface area contributed by atoms with Gasteiger partial charge in [-0.3, -0.25) is 10.3 Å². The minimum absolute atomic E-state index is 0.185. The van der Waals surface area contributed by atoms with E-state index in [2.05, 4.69) is 15.6 Å². The molecular formula is C7H19N5O. The number of nitrogens with one attached hydrogen (secondary N) is 2. The zero-order valence-corrected chi connectivity index (χ0v) is 8.59. The van der Waals surface area contributed by atoms with E-state index in [9.17, 15) is 0 Å². The average molecular weight is 189 g/mol. The van der Waals surface area contributed by atoms with Crippen molar-refractivity contribution < 1.29 is 4.94 Å². The molecule has 0 amide bonds. The fourth-order valence-corrected chi connectivity index (χ4v) is 0.472. The Balaban J connectivity index is 0. The number of hydroxylamine groups is 1. The van der Waals surface area contributed by atoms with Gasteiger partial charge in [0.2, 0.25) is 0 Å². The highest BCUT2D eigenvalue weighted by Gasteiger charge is 2.09. The van der Waals surface area contributed by atoms with Crippen LogP contribution in [0.5, 0.6) is 0 Å². The molecular weight excluding hydrogens is 170 g/mol. The van der Waals surface area contributed by atoms with Gasteiger partial charge in [0.15, 0.2) is 0 Å². The van der Waals surface area contributed by atoms with Crippen LogP contribution in [0.25, 0.3) is 0 Å². The Morgan fingerprint density at radius 1 is 1.54 bits per heavy atom. The van der Waals surface area contributed by atoms with E-state index in [4.69, 9.17) is 16.9 Å². The van der Waals surface area contributed by atoms with Crippen molar-refractivity contribution in [2.75, 3.05) is 7.05 Å². The summed E-state index contributed by atoms with van der Waals surface area (Å²) in [6.07, 6.45) is 0.